The fourth-order valence-electron chi connectivity index (χ4n) is 4.15. The van der Waals surface area contributed by atoms with Crippen LogP contribution in [0.3, 0.4) is 0 Å². The highest BCUT2D eigenvalue weighted by Crippen LogP contribution is 2.27. The minimum atomic E-state index is 0.317. The van der Waals surface area contributed by atoms with Crippen LogP contribution in [-0.2, 0) is 11.3 Å². The van der Waals surface area contributed by atoms with E-state index in [1.165, 1.54) is 29.2 Å². The number of fused-ring (bicyclic) bond motifs is 1. The van der Waals surface area contributed by atoms with Crippen molar-refractivity contribution >= 4 is 16.7 Å². The Morgan fingerprint density at radius 1 is 0.917 bits per heavy atom. The lowest BCUT2D eigenvalue weighted by molar-refractivity contribution is -0.137. The van der Waals surface area contributed by atoms with Gasteiger partial charge in [-0.3, -0.25) is 9.69 Å². The molecule has 0 spiro atoms. The average molecular weight is 322 g/mol. The average Bonchev–Trinajstić information content (AvgIpc) is 3.16. The summed E-state index contributed by atoms with van der Waals surface area (Å²) >= 11 is 0. The lowest BCUT2D eigenvalue weighted by Gasteiger charge is -2.36. The third kappa shape index (κ3) is 3.32. The Labute approximate surface area is 144 Å². The van der Waals surface area contributed by atoms with Crippen molar-refractivity contribution in [2.45, 2.75) is 32.2 Å². The van der Waals surface area contributed by atoms with E-state index in [1.54, 1.807) is 0 Å². The second-order valence-corrected chi connectivity index (χ2v) is 7.26. The number of rotatable bonds is 3. The van der Waals surface area contributed by atoms with Crippen molar-refractivity contribution in [2.24, 2.45) is 5.92 Å². The van der Waals surface area contributed by atoms with Crippen molar-refractivity contribution in [1.29, 1.82) is 0 Å². The van der Waals surface area contributed by atoms with Crippen molar-refractivity contribution in [3.05, 3.63) is 48.0 Å². The van der Waals surface area contributed by atoms with Crippen molar-refractivity contribution in [3.63, 3.8) is 0 Å². The predicted molar refractivity (Wildman–Crippen MR) is 97.8 cm³/mol. The Balaban J connectivity index is 1.34. The first-order valence-electron chi connectivity index (χ1n) is 9.28. The smallest absolute Gasteiger partial charge is 0.225 e. The summed E-state index contributed by atoms with van der Waals surface area (Å²) < 4.78 is 0. The van der Waals surface area contributed by atoms with Gasteiger partial charge in [0.15, 0.2) is 0 Å². The summed E-state index contributed by atoms with van der Waals surface area (Å²) in [6, 6.07) is 15.3. The predicted octanol–water partition coefficient (Wildman–Crippen LogP) is 3.67. The number of hydrogen-bond donors (Lipinski definition) is 0. The van der Waals surface area contributed by atoms with E-state index in [-0.39, 0.29) is 0 Å². The summed E-state index contributed by atoms with van der Waals surface area (Å²) in [5.41, 5.74) is 1.37. The molecule has 3 nitrogen and oxygen atoms in total. The Bertz CT molecular complexity index is 713. The number of nitrogens with zero attached hydrogens (tertiary/aromatic N) is 2. The highest BCUT2D eigenvalue weighted by Gasteiger charge is 2.29. The number of carbonyl (C=O) groups excluding carboxylic acids is 1. The molecule has 0 bridgehead atoms. The van der Waals surface area contributed by atoms with E-state index in [1.807, 2.05) is 0 Å². The van der Waals surface area contributed by atoms with Crippen molar-refractivity contribution in [2.75, 3.05) is 26.2 Å². The molecule has 0 atom stereocenters. The molecule has 0 N–H and O–H groups in total. The first kappa shape index (κ1) is 15.6. The van der Waals surface area contributed by atoms with E-state index < -0.39 is 0 Å². The SMILES string of the molecule is O=C(C1CCCC1)N1CCN(Cc2ccc3ccccc3c2)CC1. The van der Waals surface area contributed by atoms with Crippen LogP contribution in [-0.4, -0.2) is 41.9 Å². The molecule has 2 aromatic rings. The molecule has 2 aliphatic rings. The van der Waals surface area contributed by atoms with Gasteiger partial charge in [0.1, 0.15) is 0 Å². The minimum absolute atomic E-state index is 0.317. The molecule has 0 unspecified atom stereocenters. The molecule has 1 amide bonds. The molecule has 4 rings (SSSR count). The number of carbonyl (C=O) groups is 1. The number of piperazine rings is 1. The first-order chi connectivity index (χ1) is 11.8. The molecular weight excluding hydrogens is 296 g/mol. The lowest BCUT2D eigenvalue weighted by Crippen LogP contribution is -2.49. The lowest BCUT2D eigenvalue weighted by atomic mass is 10.1. The van der Waals surface area contributed by atoms with E-state index in [4.69, 9.17) is 0 Å². The van der Waals surface area contributed by atoms with E-state index >= 15 is 0 Å². The van der Waals surface area contributed by atoms with Crippen LogP contribution in [0.15, 0.2) is 42.5 Å². The van der Waals surface area contributed by atoms with Gasteiger partial charge in [-0.15, -0.1) is 0 Å². The Kier molecular flexibility index (Phi) is 4.52. The summed E-state index contributed by atoms with van der Waals surface area (Å²) in [7, 11) is 0. The third-order valence-corrected chi connectivity index (χ3v) is 5.61. The number of amides is 1. The first-order valence-corrected chi connectivity index (χ1v) is 9.28. The van der Waals surface area contributed by atoms with Crippen LogP contribution in [0.25, 0.3) is 10.8 Å². The van der Waals surface area contributed by atoms with E-state index in [9.17, 15) is 4.79 Å². The Hall–Kier alpha value is -1.87. The molecule has 1 heterocycles. The van der Waals surface area contributed by atoms with Crippen LogP contribution in [0, 0.1) is 5.92 Å². The quantitative estimate of drug-likeness (QED) is 0.861. The van der Waals surface area contributed by atoms with Crippen molar-refractivity contribution in [1.82, 2.24) is 9.80 Å². The van der Waals surface area contributed by atoms with E-state index in [0.29, 0.717) is 11.8 Å². The van der Waals surface area contributed by atoms with Gasteiger partial charge in [-0.25, -0.2) is 0 Å². The normalized spacial score (nSPS) is 19.9. The van der Waals surface area contributed by atoms with Gasteiger partial charge >= 0.3 is 0 Å². The van der Waals surface area contributed by atoms with Crippen LogP contribution >= 0.6 is 0 Å². The highest BCUT2D eigenvalue weighted by molar-refractivity contribution is 5.83. The summed E-state index contributed by atoms with van der Waals surface area (Å²) in [6.07, 6.45) is 4.68. The van der Waals surface area contributed by atoms with Gasteiger partial charge < -0.3 is 4.90 Å². The topological polar surface area (TPSA) is 23.6 Å². The van der Waals surface area contributed by atoms with Gasteiger partial charge in [0.2, 0.25) is 5.91 Å². The molecule has 0 radical (unpaired) electrons. The fraction of sp³-hybridized carbons (Fsp3) is 0.476. The molecule has 1 saturated carbocycles. The molecule has 1 saturated heterocycles. The molecule has 2 aromatic carbocycles. The van der Waals surface area contributed by atoms with Crippen molar-refractivity contribution in [3.8, 4) is 0 Å². The zero-order valence-electron chi connectivity index (χ0n) is 14.3. The van der Waals surface area contributed by atoms with Gasteiger partial charge in [0, 0.05) is 38.6 Å². The van der Waals surface area contributed by atoms with Gasteiger partial charge in [-0.05, 0) is 35.2 Å². The standard InChI is InChI=1S/C21H26N2O/c24-21(19-6-2-3-7-19)23-13-11-22(12-14-23)16-17-9-10-18-5-1-4-8-20(18)15-17/h1,4-5,8-10,15,19H,2-3,6-7,11-14,16H2. The molecule has 2 fully saturated rings. The maximum atomic E-state index is 12.5. The third-order valence-electron chi connectivity index (χ3n) is 5.61. The zero-order valence-corrected chi connectivity index (χ0v) is 14.3. The number of benzene rings is 2. The van der Waals surface area contributed by atoms with Gasteiger partial charge in [0.25, 0.3) is 0 Å². The maximum Gasteiger partial charge on any atom is 0.225 e. The van der Waals surface area contributed by atoms with Crippen LogP contribution in [0.1, 0.15) is 31.2 Å². The Morgan fingerprint density at radius 3 is 2.38 bits per heavy atom. The van der Waals surface area contributed by atoms with Crippen molar-refractivity contribution < 1.29 is 4.79 Å². The van der Waals surface area contributed by atoms with Crippen LogP contribution in [0.5, 0.6) is 0 Å². The van der Waals surface area contributed by atoms with Gasteiger partial charge in [0.05, 0.1) is 0 Å². The largest absolute Gasteiger partial charge is 0.340 e. The zero-order chi connectivity index (χ0) is 16.4. The summed E-state index contributed by atoms with van der Waals surface area (Å²) in [5.74, 6) is 0.731. The second-order valence-electron chi connectivity index (χ2n) is 7.26. The molecule has 3 heteroatoms. The van der Waals surface area contributed by atoms with Crippen LogP contribution < -0.4 is 0 Å². The molecule has 24 heavy (non-hydrogen) atoms. The number of hydrogen-bond acceptors (Lipinski definition) is 2. The second kappa shape index (κ2) is 6.94. The molecule has 0 aromatic heterocycles. The summed E-state index contributed by atoms with van der Waals surface area (Å²) in [5, 5.41) is 2.61. The minimum Gasteiger partial charge on any atom is -0.340 e. The van der Waals surface area contributed by atoms with Crippen LogP contribution in [0.4, 0.5) is 0 Å². The summed E-state index contributed by atoms with van der Waals surface area (Å²) in [6.45, 7) is 4.75. The molecule has 126 valence electrons. The fourth-order valence-corrected chi connectivity index (χ4v) is 4.15. The van der Waals surface area contributed by atoms with E-state index in [0.717, 1.165) is 45.6 Å². The van der Waals surface area contributed by atoms with Crippen LogP contribution in [0.2, 0.25) is 0 Å². The monoisotopic (exact) mass is 322 g/mol. The maximum absolute atomic E-state index is 12.5. The Morgan fingerprint density at radius 2 is 1.62 bits per heavy atom. The molecule has 1 aliphatic carbocycles. The summed E-state index contributed by atoms with van der Waals surface area (Å²) in [4.78, 5) is 17.1. The highest BCUT2D eigenvalue weighted by atomic mass is 16.2. The molecule has 1 aliphatic heterocycles. The van der Waals surface area contributed by atoms with Gasteiger partial charge in [-0.1, -0.05) is 49.2 Å². The van der Waals surface area contributed by atoms with E-state index in [2.05, 4.69) is 52.3 Å². The molecular formula is C21H26N2O. The van der Waals surface area contributed by atoms with Gasteiger partial charge in [-0.2, -0.15) is 0 Å².